The summed E-state index contributed by atoms with van der Waals surface area (Å²) in [6.07, 6.45) is 2.42. The molecule has 0 N–H and O–H groups in total. The Bertz CT molecular complexity index is 764. The fourth-order valence-corrected chi connectivity index (χ4v) is 2.51. The van der Waals surface area contributed by atoms with Crippen LogP contribution in [0.3, 0.4) is 0 Å². The molecule has 25 heavy (non-hydrogen) atoms. The van der Waals surface area contributed by atoms with Crippen LogP contribution < -0.4 is 4.73 Å². The molecule has 0 aliphatic carbocycles. The molecule has 0 amide bonds. The molecule has 0 radical (unpaired) electrons. The molecule has 0 aliphatic heterocycles. The van der Waals surface area contributed by atoms with E-state index in [-0.39, 0.29) is 23.9 Å². The molecule has 2 aromatic rings. The zero-order valence-electron chi connectivity index (χ0n) is 15.0. The Kier molecular flexibility index (Phi) is 5.91. The van der Waals surface area contributed by atoms with E-state index in [0.29, 0.717) is 16.2 Å². The summed E-state index contributed by atoms with van der Waals surface area (Å²) in [5.41, 5.74) is 2.95. The zero-order chi connectivity index (χ0) is 18.6. The number of rotatable bonds is 6. The Morgan fingerprint density at radius 1 is 1.04 bits per heavy atom. The second-order valence-electron chi connectivity index (χ2n) is 6.60. The lowest BCUT2D eigenvalue weighted by molar-refractivity contribution is -0.605. The SMILES string of the molecule is CC(C)c1ccc(C(=O)COC(=O)c2cc[n+]([O-])cc2)c(C(C)C)c1. The number of carbonyl (C=O) groups excluding carboxylic acids is 2. The maximum atomic E-state index is 12.5. The third-order valence-corrected chi connectivity index (χ3v) is 4.04. The summed E-state index contributed by atoms with van der Waals surface area (Å²) in [5.74, 6) is -0.294. The fraction of sp³-hybridized carbons (Fsp3) is 0.350. The highest BCUT2D eigenvalue weighted by atomic mass is 16.5. The number of ether oxygens (including phenoxy) is 1. The largest absolute Gasteiger partial charge is 0.619 e. The quantitative estimate of drug-likeness (QED) is 0.348. The molecule has 0 aliphatic rings. The number of pyridine rings is 1. The van der Waals surface area contributed by atoms with Crippen LogP contribution in [-0.4, -0.2) is 18.4 Å². The summed E-state index contributed by atoms with van der Waals surface area (Å²) in [7, 11) is 0. The zero-order valence-corrected chi connectivity index (χ0v) is 15.0. The van der Waals surface area contributed by atoms with Crippen LogP contribution in [0, 0.1) is 5.21 Å². The number of hydrogen-bond donors (Lipinski definition) is 0. The normalized spacial score (nSPS) is 11.0. The minimum absolute atomic E-state index is 0.190. The van der Waals surface area contributed by atoms with Crippen LogP contribution in [0.5, 0.6) is 0 Å². The van der Waals surface area contributed by atoms with Gasteiger partial charge in [0.15, 0.2) is 19.0 Å². The number of Topliss-reactive ketones (excluding diaryl/α,β-unsaturated/α-hetero) is 1. The van der Waals surface area contributed by atoms with E-state index >= 15 is 0 Å². The molecule has 0 atom stereocenters. The van der Waals surface area contributed by atoms with E-state index in [9.17, 15) is 14.8 Å². The Hall–Kier alpha value is -2.69. The highest BCUT2D eigenvalue weighted by Gasteiger charge is 2.18. The van der Waals surface area contributed by atoms with Gasteiger partial charge in [0.25, 0.3) is 0 Å². The van der Waals surface area contributed by atoms with Gasteiger partial charge in [-0.15, -0.1) is 0 Å². The number of nitrogens with zero attached hydrogens (tertiary/aromatic N) is 1. The second-order valence-corrected chi connectivity index (χ2v) is 6.60. The molecule has 1 aromatic carbocycles. The summed E-state index contributed by atoms with van der Waals surface area (Å²) in [5, 5.41) is 11.0. The predicted octanol–water partition coefficient (Wildman–Crippen LogP) is 3.61. The van der Waals surface area contributed by atoms with E-state index in [0.717, 1.165) is 5.56 Å². The standard InChI is InChI=1S/C20H23NO4/c1-13(2)16-5-6-17(18(11-16)14(3)4)19(22)12-25-20(23)15-7-9-21(24)10-8-15/h5-11,13-14H,12H2,1-4H3. The van der Waals surface area contributed by atoms with Crippen molar-refractivity contribution in [2.45, 2.75) is 39.5 Å². The van der Waals surface area contributed by atoms with E-state index < -0.39 is 5.97 Å². The maximum Gasteiger partial charge on any atom is 0.339 e. The third kappa shape index (κ3) is 4.66. The summed E-state index contributed by atoms with van der Waals surface area (Å²) < 4.78 is 5.67. The first-order valence-corrected chi connectivity index (χ1v) is 8.32. The molecule has 132 valence electrons. The minimum Gasteiger partial charge on any atom is -0.619 e. The fourth-order valence-electron chi connectivity index (χ4n) is 2.51. The smallest absolute Gasteiger partial charge is 0.339 e. The summed E-state index contributed by atoms with van der Waals surface area (Å²) >= 11 is 0. The van der Waals surface area contributed by atoms with E-state index in [1.165, 1.54) is 30.1 Å². The van der Waals surface area contributed by atoms with Gasteiger partial charge in [-0.1, -0.05) is 45.9 Å². The molecule has 5 nitrogen and oxygen atoms in total. The Balaban J connectivity index is 2.12. The van der Waals surface area contributed by atoms with Crippen molar-refractivity contribution in [3.8, 4) is 0 Å². The van der Waals surface area contributed by atoms with E-state index in [1.54, 1.807) is 0 Å². The lowest BCUT2D eigenvalue weighted by Gasteiger charge is -2.15. The number of esters is 1. The van der Waals surface area contributed by atoms with Gasteiger partial charge in [0.1, 0.15) is 0 Å². The van der Waals surface area contributed by atoms with Crippen molar-refractivity contribution in [3.05, 3.63) is 70.2 Å². The van der Waals surface area contributed by atoms with Crippen molar-refractivity contribution < 1.29 is 19.1 Å². The van der Waals surface area contributed by atoms with Gasteiger partial charge in [-0.25, -0.2) is 4.79 Å². The van der Waals surface area contributed by atoms with Crippen LogP contribution in [0.15, 0.2) is 42.7 Å². The average molecular weight is 341 g/mol. The molecular weight excluding hydrogens is 318 g/mol. The lowest BCUT2D eigenvalue weighted by Crippen LogP contribution is -2.24. The summed E-state index contributed by atoms with van der Waals surface area (Å²) in [4.78, 5) is 24.5. The van der Waals surface area contributed by atoms with Gasteiger partial charge in [-0.2, -0.15) is 4.73 Å². The van der Waals surface area contributed by atoms with Gasteiger partial charge >= 0.3 is 5.97 Å². The summed E-state index contributed by atoms with van der Waals surface area (Å²) in [6, 6.07) is 8.52. The van der Waals surface area contributed by atoms with Crippen LogP contribution in [0.25, 0.3) is 0 Å². The third-order valence-electron chi connectivity index (χ3n) is 4.04. The van der Waals surface area contributed by atoms with E-state index in [2.05, 4.69) is 19.9 Å². The van der Waals surface area contributed by atoms with Crippen molar-refractivity contribution in [1.29, 1.82) is 0 Å². The number of benzene rings is 1. The topological polar surface area (TPSA) is 70.3 Å². The van der Waals surface area contributed by atoms with Crippen molar-refractivity contribution in [2.24, 2.45) is 0 Å². The van der Waals surface area contributed by atoms with Crippen LogP contribution in [0.1, 0.15) is 71.4 Å². The second kappa shape index (κ2) is 7.92. The molecule has 0 saturated carbocycles. The molecule has 0 fully saturated rings. The van der Waals surface area contributed by atoms with Crippen molar-refractivity contribution >= 4 is 11.8 Å². The highest BCUT2D eigenvalue weighted by molar-refractivity contribution is 6.00. The first kappa shape index (κ1) is 18.6. The monoisotopic (exact) mass is 341 g/mol. The van der Waals surface area contributed by atoms with Gasteiger partial charge in [-0.3, -0.25) is 4.79 Å². The van der Waals surface area contributed by atoms with Crippen molar-refractivity contribution in [2.75, 3.05) is 6.61 Å². The van der Waals surface area contributed by atoms with Crippen molar-refractivity contribution in [1.82, 2.24) is 0 Å². The lowest BCUT2D eigenvalue weighted by atomic mass is 9.90. The molecule has 2 rings (SSSR count). The van der Waals surface area contributed by atoms with Crippen molar-refractivity contribution in [3.63, 3.8) is 0 Å². The van der Waals surface area contributed by atoms with Gasteiger partial charge in [0, 0.05) is 17.7 Å². The first-order chi connectivity index (χ1) is 11.8. The number of aromatic nitrogens is 1. The number of ketones is 1. The van der Waals surface area contributed by atoms with Gasteiger partial charge in [0.05, 0.1) is 5.56 Å². The van der Waals surface area contributed by atoms with Crippen LogP contribution in [0.4, 0.5) is 0 Å². The predicted molar refractivity (Wildman–Crippen MR) is 94.6 cm³/mol. The molecule has 0 spiro atoms. The van der Waals surface area contributed by atoms with Gasteiger partial charge in [0.2, 0.25) is 5.78 Å². The van der Waals surface area contributed by atoms with Crippen LogP contribution in [0.2, 0.25) is 0 Å². The van der Waals surface area contributed by atoms with E-state index in [4.69, 9.17) is 4.74 Å². The summed E-state index contributed by atoms with van der Waals surface area (Å²) in [6.45, 7) is 7.95. The Morgan fingerprint density at radius 2 is 1.68 bits per heavy atom. The number of hydrogen-bond acceptors (Lipinski definition) is 4. The van der Waals surface area contributed by atoms with Crippen LogP contribution >= 0.6 is 0 Å². The van der Waals surface area contributed by atoms with Crippen LogP contribution in [-0.2, 0) is 4.74 Å². The molecule has 1 heterocycles. The van der Waals surface area contributed by atoms with E-state index in [1.807, 2.05) is 26.0 Å². The van der Waals surface area contributed by atoms with Gasteiger partial charge < -0.3 is 9.94 Å². The maximum absolute atomic E-state index is 12.5. The number of carbonyl (C=O) groups is 2. The molecule has 0 unspecified atom stereocenters. The molecule has 0 bridgehead atoms. The highest BCUT2D eigenvalue weighted by Crippen LogP contribution is 2.25. The molecule has 5 heteroatoms. The van der Waals surface area contributed by atoms with Gasteiger partial charge in [-0.05, 0) is 23.0 Å². The average Bonchev–Trinajstić information content (AvgIpc) is 2.59. The first-order valence-electron chi connectivity index (χ1n) is 8.32. The Labute approximate surface area is 147 Å². The molecule has 0 saturated heterocycles. The molecular formula is C20H23NO4. The Morgan fingerprint density at radius 3 is 2.24 bits per heavy atom. The minimum atomic E-state index is -0.626. The molecule has 1 aromatic heterocycles.